The molecule has 0 bridgehead atoms. The van der Waals surface area contributed by atoms with Gasteiger partial charge in [0.1, 0.15) is 49.1 Å². The summed E-state index contributed by atoms with van der Waals surface area (Å²) < 4.78 is 65.7. The molecule has 2 aliphatic heterocycles. The number of esters is 6. The first-order valence-corrected chi connectivity index (χ1v) is 20.4. The lowest BCUT2D eigenvalue weighted by Gasteiger charge is -2.51. The molecule has 0 saturated carbocycles. The molecule has 0 aromatic heterocycles. The van der Waals surface area contributed by atoms with E-state index in [0.29, 0.717) is 5.75 Å². The van der Waals surface area contributed by atoms with E-state index >= 15 is 0 Å². The van der Waals surface area contributed by atoms with Crippen molar-refractivity contribution in [3.8, 4) is 11.5 Å². The molecule has 63 heavy (non-hydrogen) atoms. The minimum Gasteiger partial charge on any atom is -0.497 e. The van der Waals surface area contributed by atoms with Crippen LogP contribution < -0.4 is 9.47 Å². The molecule has 3 aromatic rings. The lowest BCUT2D eigenvalue weighted by atomic mass is 9.80. The Morgan fingerprint density at radius 3 is 1.87 bits per heavy atom. The van der Waals surface area contributed by atoms with Crippen LogP contribution in [0.25, 0.3) is 0 Å². The highest BCUT2D eigenvalue weighted by atomic mass is 16.8. The molecule has 2 heterocycles. The molecule has 3 unspecified atom stereocenters. The molecular weight excluding hydrogens is 824 g/mol. The molecule has 340 valence electrons. The van der Waals surface area contributed by atoms with E-state index in [1.54, 1.807) is 106 Å². The van der Waals surface area contributed by atoms with Crippen molar-refractivity contribution >= 4 is 35.8 Å². The molecule has 17 heteroatoms. The molecule has 0 N–H and O–H groups in total. The van der Waals surface area contributed by atoms with Crippen LogP contribution in [0.3, 0.4) is 0 Å². The Labute approximate surface area is 365 Å². The molecule has 2 fully saturated rings. The standard InChI is InChI=1S/C46H54O17/c1-26-36(57-30(5)48)23-46(45(52)54-8,62-39(26)27(2)37(58-31(6)49)24-55-29(4)47)63-40-28(3)38(25-56-42(50)32-15-11-9-12-16-32)60-44(59-35-21-19-34(53-7)20-22-35)41(40)61-43(51)33-17-13-10-14-18-33/h9-22,26-28,36-41,44H,23-25H2,1-8H3/t26-,27+,28-,36?,37+,38?,39+,40-,41?,44+,46-/m0/s1. The Kier molecular flexibility index (Phi) is 16.6. The average molecular weight is 879 g/mol. The van der Waals surface area contributed by atoms with Crippen LogP contribution in [0.5, 0.6) is 11.5 Å². The number of ether oxygens (including phenoxy) is 11. The van der Waals surface area contributed by atoms with E-state index in [1.807, 2.05) is 0 Å². The Balaban J connectivity index is 1.62. The van der Waals surface area contributed by atoms with Gasteiger partial charge in [0.2, 0.25) is 6.29 Å². The highest BCUT2D eigenvalue weighted by molar-refractivity contribution is 5.90. The molecule has 0 radical (unpaired) electrons. The maximum atomic E-state index is 14.4. The summed E-state index contributed by atoms with van der Waals surface area (Å²) in [6.07, 6.45) is -9.11. The van der Waals surface area contributed by atoms with Gasteiger partial charge in [-0.1, -0.05) is 57.2 Å². The lowest BCUT2D eigenvalue weighted by Crippen LogP contribution is -2.66. The maximum absolute atomic E-state index is 14.4. The van der Waals surface area contributed by atoms with Crippen molar-refractivity contribution in [1.29, 1.82) is 0 Å². The van der Waals surface area contributed by atoms with Crippen molar-refractivity contribution < 1.29 is 80.9 Å². The summed E-state index contributed by atoms with van der Waals surface area (Å²) in [5.74, 6) is -8.57. The van der Waals surface area contributed by atoms with Gasteiger partial charge in [-0.25, -0.2) is 14.4 Å². The fourth-order valence-corrected chi connectivity index (χ4v) is 7.53. The topological polar surface area (TPSA) is 204 Å². The van der Waals surface area contributed by atoms with E-state index in [2.05, 4.69) is 0 Å². The third-order valence-electron chi connectivity index (χ3n) is 10.9. The van der Waals surface area contributed by atoms with Crippen LogP contribution in [0.1, 0.15) is 68.7 Å². The van der Waals surface area contributed by atoms with E-state index in [1.165, 1.54) is 27.9 Å². The highest BCUT2D eigenvalue weighted by Gasteiger charge is 2.60. The molecule has 17 nitrogen and oxygen atoms in total. The third-order valence-corrected chi connectivity index (χ3v) is 10.9. The van der Waals surface area contributed by atoms with Gasteiger partial charge in [0.25, 0.3) is 5.79 Å². The number of benzene rings is 3. The zero-order chi connectivity index (χ0) is 45.8. The zero-order valence-electron chi connectivity index (χ0n) is 36.4. The minimum absolute atomic E-state index is 0.171. The maximum Gasteiger partial charge on any atom is 0.366 e. The fraction of sp³-hybridized carbons (Fsp3) is 0.478. The van der Waals surface area contributed by atoms with Crippen molar-refractivity contribution in [2.75, 3.05) is 27.4 Å². The van der Waals surface area contributed by atoms with Gasteiger partial charge in [0.05, 0.1) is 37.9 Å². The van der Waals surface area contributed by atoms with Crippen LogP contribution in [0.2, 0.25) is 0 Å². The predicted octanol–water partition coefficient (Wildman–Crippen LogP) is 5.26. The number of hydrogen-bond acceptors (Lipinski definition) is 17. The van der Waals surface area contributed by atoms with E-state index < -0.39 is 109 Å². The van der Waals surface area contributed by atoms with E-state index in [-0.39, 0.29) is 30.1 Å². The first-order chi connectivity index (χ1) is 30.0. The summed E-state index contributed by atoms with van der Waals surface area (Å²) in [7, 11) is 2.61. The van der Waals surface area contributed by atoms with Crippen LogP contribution in [0.4, 0.5) is 0 Å². The largest absolute Gasteiger partial charge is 0.497 e. The normalized spacial score (nSPS) is 26.4. The van der Waals surface area contributed by atoms with Gasteiger partial charge in [-0.05, 0) is 48.5 Å². The Bertz CT molecular complexity index is 2020. The SMILES string of the molecule is COC(=O)[C@@]1(O[C@@H]2C(OC(=O)c3ccccc3)[C@H](Oc3ccc(OC)cc3)OC(COC(=O)c3ccccc3)[C@@H]2C)CC(OC(C)=O)[C@H](C)[C@H]([C@H](C)[C@@H](COC(C)=O)OC(C)=O)O1. The summed E-state index contributed by atoms with van der Waals surface area (Å²) in [4.78, 5) is 78.4. The lowest BCUT2D eigenvalue weighted by molar-refractivity contribution is -0.358. The summed E-state index contributed by atoms with van der Waals surface area (Å²) in [6, 6.07) is 22.9. The van der Waals surface area contributed by atoms with E-state index in [4.69, 9.17) is 52.1 Å². The van der Waals surface area contributed by atoms with Crippen molar-refractivity contribution in [3.05, 3.63) is 96.1 Å². The molecular formula is C46H54O17. The number of methoxy groups -OCH3 is 2. The number of carbonyl (C=O) groups is 6. The van der Waals surface area contributed by atoms with Gasteiger partial charge >= 0.3 is 35.8 Å². The van der Waals surface area contributed by atoms with Gasteiger partial charge in [-0.2, -0.15) is 0 Å². The first-order valence-electron chi connectivity index (χ1n) is 20.4. The van der Waals surface area contributed by atoms with Crippen LogP contribution >= 0.6 is 0 Å². The molecule has 3 aromatic carbocycles. The molecule has 5 rings (SSSR count). The molecule has 11 atom stereocenters. The van der Waals surface area contributed by atoms with E-state index in [9.17, 15) is 28.8 Å². The van der Waals surface area contributed by atoms with Crippen LogP contribution in [0.15, 0.2) is 84.9 Å². The summed E-state index contributed by atoms with van der Waals surface area (Å²) in [5, 5.41) is 0. The zero-order valence-corrected chi connectivity index (χ0v) is 36.4. The molecule has 0 aliphatic carbocycles. The van der Waals surface area contributed by atoms with Crippen molar-refractivity contribution in [2.45, 2.75) is 96.7 Å². The average Bonchev–Trinajstić information content (AvgIpc) is 3.27. The second-order valence-corrected chi connectivity index (χ2v) is 15.3. The number of carbonyl (C=O) groups excluding carboxylic acids is 6. The first kappa shape index (κ1) is 48.0. The van der Waals surface area contributed by atoms with Gasteiger partial charge in [0.15, 0.2) is 6.10 Å². The van der Waals surface area contributed by atoms with Crippen molar-refractivity contribution in [1.82, 2.24) is 0 Å². The molecule has 2 saturated heterocycles. The molecule has 0 amide bonds. The van der Waals surface area contributed by atoms with Gasteiger partial charge in [-0.15, -0.1) is 0 Å². The Hall–Kier alpha value is -6.04. The number of hydrogen-bond donors (Lipinski definition) is 0. The van der Waals surface area contributed by atoms with Gasteiger partial charge in [-0.3, -0.25) is 14.4 Å². The molecule has 0 spiro atoms. The molecule has 2 aliphatic rings. The van der Waals surface area contributed by atoms with E-state index in [0.717, 1.165) is 7.11 Å². The highest BCUT2D eigenvalue weighted by Crippen LogP contribution is 2.44. The Morgan fingerprint density at radius 1 is 0.714 bits per heavy atom. The smallest absolute Gasteiger partial charge is 0.366 e. The second kappa shape index (κ2) is 21.8. The minimum atomic E-state index is -2.42. The summed E-state index contributed by atoms with van der Waals surface area (Å²) in [5.41, 5.74) is 0.450. The van der Waals surface area contributed by atoms with Gasteiger partial charge in [0, 0.05) is 38.5 Å². The third kappa shape index (κ3) is 12.3. The van der Waals surface area contributed by atoms with Crippen molar-refractivity contribution in [3.63, 3.8) is 0 Å². The predicted molar refractivity (Wildman–Crippen MR) is 219 cm³/mol. The van der Waals surface area contributed by atoms with Crippen molar-refractivity contribution in [2.24, 2.45) is 17.8 Å². The fourth-order valence-electron chi connectivity index (χ4n) is 7.53. The monoisotopic (exact) mass is 878 g/mol. The van der Waals surface area contributed by atoms with Crippen LogP contribution in [-0.2, 0) is 61.8 Å². The number of rotatable bonds is 17. The van der Waals surface area contributed by atoms with Gasteiger partial charge < -0.3 is 52.1 Å². The Morgan fingerprint density at radius 2 is 1.32 bits per heavy atom. The summed E-state index contributed by atoms with van der Waals surface area (Å²) in [6.45, 7) is 7.90. The van der Waals surface area contributed by atoms with Crippen LogP contribution in [0, 0.1) is 17.8 Å². The summed E-state index contributed by atoms with van der Waals surface area (Å²) >= 11 is 0. The van der Waals surface area contributed by atoms with Crippen LogP contribution in [-0.4, -0.2) is 112 Å². The quantitative estimate of drug-likeness (QED) is 0.125. The second-order valence-electron chi connectivity index (χ2n) is 15.3.